The first kappa shape index (κ1) is 15.1. The molecule has 1 aromatic heterocycles. The Hall–Kier alpha value is -0.910. The molecule has 0 saturated carbocycles. The minimum atomic E-state index is -0.207. The predicted molar refractivity (Wildman–Crippen MR) is 74.5 cm³/mol. The number of thiophene rings is 1. The van der Waals surface area contributed by atoms with Gasteiger partial charge in [-0.25, -0.2) is 0 Å². The van der Waals surface area contributed by atoms with Crippen LogP contribution in [0.15, 0.2) is 17.5 Å². The van der Waals surface area contributed by atoms with E-state index in [2.05, 4.69) is 19.2 Å². The molecule has 102 valence electrons. The number of nitrogens with one attached hydrogen (secondary N) is 1. The Morgan fingerprint density at radius 1 is 1.56 bits per heavy atom. The Labute approximate surface area is 113 Å². The molecule has 0 spiro atoms. The van der Waals surface area contributed by atoms with Gasteiger partial charge in [0.05, 0.1) is 18.6 Å². The van der Waals surface area contributed by atoms with E-state index in [1.54, 1.807) is 18.4 Å². The standard InChI is InChI=1S/C13H22N2O2S/c1-9(2)13(11-5-4-6-18-11)15-12(16)7-10(8-14)17-3/h4-6,9-10,13H,7-8,14H2,1-3H3,(H,15,16). The maximum absolute atomic E-state index is 11.9. The van der Waals surface area contributed by atoms with E-state index in [-0.39, 0.29) is 18.1 Å². The van der Waals surface area contributed by atoms with Gasteiger partial charge in [-0.3, -0.25) is 4.79 Å². The van der Waals surface area contributed by atoms with Crippen LogP contribution in [0.4, 0.5) is 0 Å². The molecule has 1 aromatic rings. The average molecular weight is 270 g/mol. The maximum Gasteiger partial charge on any atom is 0.223 e. The quantitative estimate of drug-likeness (QED) is 0.795. The van der Waals surface area contributed by atoms with Gasteiger partial charge < -0.3 is 15.8 Å². The summed E-state index contributed by atoms with van der Waals surface area (Å²) in [6.07, 6.45) is 0.0999. The molecule has 2 atom stereocenters. The topological polar surface area (TPSA) is 64.3 Å². The summed E-state index contributed by atoms with van der Waals surface area (Å²) >= 11 is 1.66. The van der Waals surface area contributed by atoms with E-state index in [4.69, 9.17) is 10.5 Å². The highest BCUT2D eigenvalue weighted by Crippen LogP contribution is 2.25. The number of amides is 1. The zero-order chi connectivity index (χ0) is 13.5. The zero-order valence-corrected chi connectivity index (χ0v) is 12.0. The first-order chi connectivity index (χ1) is 8.58. The van der Waals surface area contributed by atoms with E-state index in [0.717, 1.165) is 0 Å². The molecule has 0 radical (unpaired) electrons. The molecule has 1 amide bonds. The Balaban J connectivity index is 2.59. The number of hydrogen-bond acceptors (Lipinski definition) is 4. The summed E-state index contributed by atoms with van der Waals surface area (Å²) < 4.78 is 5.12. The molecule has 2 unspecified atom stereocenters. The summed E-state index contributed by atoms with van der Waals surface area (Å²) in [5, 5.41) is 5.08. The van der Waals surface area contributed by atoms with Crippen molar-refractivity contribution in [3.05, 3.63) is 22.4 Å². The van der Waals surface area contributed by atoms with Crippen LogP contribution in [0.1, 0.15) is 31.2 Å². The highest BCUT2D eigenvalue weighted by Gasteiger charge is 2.20. The molecule has 0 aliphatic rings. The van der Waals surface area contributed by atoms with E-state index in [1.165, 1.54) is 4.88 Å². The van der Waals surface area contributed by atoms with Crippen molar-refractivity contribution in [2.75, 3.05) is 13.7 Å². The molecule has 4 nitrogen and oxygen atoms in total. The second-order valence-electron chi connectivity index (χ2n) is 4.60. The number of rotatable bonds is 7. The number of carbonyl (C=O) groups excluding carboxylic acids is 1. The van der Waals surface area contributed by atoms with Gasteiger partial charge in [0, 0.05) is 18.5 Å². The van der Waals surface area contributed by atoms with Gasteiger partial charge in [-0.15, -0.1) is 11.3 Å². The van der Waals surface area contributed by atoms with Gasteiger partial charge in [-0.1, -0.05) is 19.9 Å². The lowest BCUT2D eigenvalue weighted by atomic mass is 10.0. The molecule has 3 N–H and O–H groups in total. The Bertz CT molecular complexity index is 348. The molecule has 1 rings (SSSR count). The van der Waals surface area contributed by atoms with Crippen LogP contribution in [0.2, 0.25) is 0 Å². The molecule has 0 saturated heterocycles. The fourth-order valence-corrected chi connectivity index (χ4v) is 2.69. The van der Waals surface area contributed by atoms with Gasteiger partial charge in [0.15, 0.2) is 0 Å². The van der Waals surface area contributed by atoms with E-state index >= 15 is 0 Å². The molecular formula is C13H22N2O2S. The van der Waals surface area contributed by atoms with Crippen molar-refractivity contribution in [3.63, 3.8) is 0 Å². The summed E-state index contributed by atoms with van der Waals surface area (Å²) in [6, 6.07) is 4.11. The monoisotopic (exact) mass is 270 g/mol. The number of ether oxygens (including phenoxy) is 1. The minimum Gasteiger partial charge on any atom is -0.380 e. The normalized spacial score (nSPS) is 14.5. The molecule has 0 aliphatic heterocycles. The third kappa shape index (κ3) is 4.40. The lowest BCUT2D eigenvalue weighted by Gasteiger charge is -2.22. The van der Waals surface area contributed by atoms with Crippen molar-refractivity contribution in [1.29, 1.82) is 0 Å². The first-order valence-electron chi connectivity index (χ1n) is 6.14. The fourth-order valence-electron chi connectivity index (χ4n) is 1.74. The Morgan fingerprint density at radius 2 is 2.28 bits per heavy atom. The highest BCUT2D eigenvalue weighted by molar-refractivity contribution is 7.10. The van der Waals surface area contributed by atoms with Gasteiger partial charge in [0.1, 0.15) is 0 Å². The van der Waals surface area contributed by atoms with Crippen molar-refractivity contribution in [3.8, 4) is 0 Å². The molecule has 18 heavy (non-hydrogen) atoms. The molecule has 0 aliphatic carbocycles. The summed E-state index contributed by atoms with van der Waals surface area (Å²) in [4.78, 5) is 13.1. The van der Waals surface area contributed by atoms with Crippen LogP contribution in [0, 0.1) is 5.92 Å². The van der Waals surface area contributed by atoms with E-state index in [1.807, 2.05) is 17.5 Å². The van der Waals surface area contributed by atoms with E-state index in [0.29, 0.717) is 18.9 Å². The van der Waals surface area contributed by atoms with E-state index < -0.39 is 0 Å². The van der Waals surface area contributed by atoms with Crippen molar-refractivity contribution in [2.45, 2.75) is 32.4 Å². The first-order valence-corrected chi connectivity index (χ1v) is 7.02. The second-order valence-corrected chi connectivity index (χ2v) is 5.58. The van der Waals surface area contributed by atoms with Crippen LogP contribution < -0.4 is 11.1 Å². The van der Waals surface area contributed by atoms with Crippen LogP contribution in [0.25, 0.3) is 0 Å². The summed E-state index contributed by atoms with van der Waals surface area (Å²) in [5.74, 6) is 0.339. The van der Waals surface area contributed by atoms with Gasteiger partial charge in [0.2, 0.25) is 5.91 Å². The van der Waals surface area contributed by atoms with Crippen molar-refractivity contribution in [1.82, 2.24) is 5.32 Å². The number of carbonyl (C=O) groups is 1. The third-order valence-corrected chi connectivity index (χ3v) is 3.80. The van der Waals surface area contributed by atoms with Crippen LogP contribution in [0.3, 0.4) is 0 Å². The summed E-state index contributed by atoms with van der Waals surface area (Å²) in [7, 11) is 1.57. The van der Waals surface area contributed by atoms with Crippen LogP contribution in [-0.4, -0.2) is 25.7 Å². The number of hydrogen-bond donors (Lipinski definition) is 2. The zero-order valence-electron chi connectivity index (χ0n) is 11.2. The Kier molecular flexibility index (Phi) is 6.32. The average Bonchev–Trinajstić information content (AvgIpc) is 2.86. The Morgan fingerprint density at radius 3 is 2.72 bits per heavy atom. The SMILES string of the molecule is COC(CN)CC(=O)NC(c1cccs1)C(C)C. The molecule has 0 bridgehead atoms. The molecule has 0 fully saturated rings. The number of nitrogens with two attached hydrogens (primary N) is 1. The van der Waals surface area contributed by atoms with Gasteiger partial charge in [-0.2, -0.15) is 0 Å². The van der Waals surface area contributed by atoms with E-state index in [9.17, 15) is 4.79 Å². The molecular weight excluding hydrogens is 248 g/mol. The molecule has 1 heterocycles. The van der Waals surface area contributed by atoms with Crippen molar-refractivity contribution < 1.29 is 9.53 Å². The maximum atomic E-state index is 11.9. The van der Waals surface area contributed by atoms with Crippen LogP contribution in [0.5, 0.6) is 0 Å². The number of methoxy groups -OCH3 is 1. The van der Waals surface area contributed by atoms with Crippen molar-refractivity contribution >= 4 is 17.2 Å². The lowest BCUT2D eigenvalue weighted by molar-refractivity contribution is -0.124. The predicted octanol–water partition coefficient (Wildman–Crippen LogP) is 1.93. The lowest BCUT2D eigenvalue weighted by Crippen LogP contribution is -2.35. The molecule has 5 heteroatoms. The van der Waals surface area contributed by atoms with Crippen LogP contribution >= 0.6 is 11.3 Å². The van der Waals surface area contributed by atoms with Gasteiger partial charge in [0.25, 0.3) is 0 Å². The fraction of sp³-hybridized carbons (Fsp3) is 0.615. The largest absolute Gasteiger partial charge is 0.380 e. The van der Waals surface area contributed by atoms with Gasteiger partial charge in [-0.05, 0) is 17.4 Å². The third-order valence-electron chi connectivity index (χ3n) is 2.84. The summed E-state index contributed by atoms with van der Waals surface area (Å²) in [6.45, 7) is 4.55. The highest BCUT2D eigenvalue weighted by atomic mass is 32.1. The van der Waals surface area contributed by atoms with Crippen LogP contribution in [-0.2, 0) is 9.53 Å². The van der Waals surface area contributed by atoms with Crippen molar-refractivity contribution in [2.24, 2.45) is 11.7 Å². The minimum absolute atomic E-state index is 0.0144. The summed E-state index contributed by atoms with van der Waals surface area (Å²) in [5.41, 5.74) is 5.51. The van der Waals surface area contributed by atoms with Gasteiger partial charge >= 0.3 is 0 Å². The second kappa shape index (κ2) is 7.51. The smallest absolute Gasteiger partial charge is 0.223 e. The molecule has 0 aromatic carbocycles.